The Bertz CT molecular complexity index is 639. The molecule has 116 valence electrons. The van der Waals surface area contributed by atoms with E-state index in [4.69, 9.17) is 0 Å². The number of rotatable bonds is 7. The molecule has 1 aliphatic rings. The number of pyridine rings is 1. The van der Waals surface area contributed by atoms with E-state index in [1.165, 1.54) is 21.6 Å². The zero-order valence-electron chi connectivity index (χ0n) is 12.6. The number of Topliss-reactive ketones (excluding diaryl/α,β-unsaturated/α-hetero) is 2. The standard InChI is InChI=1S/C16H18N2O2S2/c1-3-13(19)11-7-5-9-17-15(11)21-22-16-12(14(20)4-2)8-6-10-18-16/h5-7,9-10,18H,3-4,8H2,1-2H3. The third kappa shape index (κ3) is 4.01. The van der Waals surface area contributed by atoms with Crippen LogP contribution in [0.15, 0.2) is 46.2 Å². The predicted molar refractivity (Wildman–Crippen MR) is 91.5 cm³/mol. The molecule has 0 radical (unpaired) electrons. The topological polar surface area (TPSA) is 59.1 Å². The van der Waals surface area contributed by atoms with Crippen molar-refractivity contribution >= 4 is 33.2 Å². The number of nitrogens with zero attached hydrogens (tertiary/aromatic N) is 1. The van der Waals surface area contributed by atoms with Crippen molar-refractivity contribution in [2.24, 2.45) is 0 Å². The minimum Gasteiger partial charge on any atom is -0.356 e. The molecule has 0 bridgehead atoms. The first-order chi connectivity index (χ1) is 10.7. The van der Waals surface area contributed by atoms with Crippen molar-refractivity contribution in [1.29, 1.82) is 0 Å². The highest BCUT2D eigenvalue weighted by molar-refractivity contribution is 8.78. The highest BCUT2D eigenvalue weighted by Crippen LogP contribution is 2.39. The van der Waals surface area contributed by atoms with Crippen LogP contribution in [0.25, 0.3) is 0 Å². The van der Waals surface area contributed by atoms with E-state index in [1.807, 2.05) is 26.1 Å². The number of aromatic nitrogens is 1. The van der Waals surface area contributed by atoms with Crippen LogP contribution in [0.4, 0.5) is 0 Å². The maximum Gasteiger partial charge on any atom is 0.165 e. The van der Waals surface area contributed by atoms with E-state index >= 15 is 0 Å². The van der Waals surface area contributed by atoms with Crippen molar-refractivity contribution in [2.45, 2.75) is 38.1 Å². The fourth-order valence-electron chi connectivity index (χ4n) is 1.96. The summed E-state index contributed by atoms with van der Waals surface area (Å²) < 4.78 is 0. The number of carbonyl (C=O) groups is 2. The molecule has 4 nitrogen and oxygen atoms in total. The van der Waals surface area contributed by atoms with E-state index in [-0.39, 0.29) is 11.6 Å². The van der Waals surface area contributed by atoms with Crippen molar-refractivity contribution in [3.63, 3.8) is 0 Å². The van der Waals surface area contributed by atoms with Crippen LogP contribution in [0, 0.1) is 0 Å². The van der Waals surface area contributed by atoms with Gasteiger partial charge < -0.3 is 5.32 Å². The molecular weight excluding hydrogens is 316 g/mol. The smallest absolute Gasteiger partial charge is 0.165 e. The molecule has 0 saturated heterocycles. The maximum atomic E-state index is 12.0. The molecule has 1 aliphatic heterocycles. The molecule has 1 aromatic rings. The maximum absolute atomic E-state index is 12.0. The molecule has 2 heterocycles. The molecule has 1 N–H and O–H groups in total. The quantitative estimate of drug-likeness (QED) is 0.598. The summed E-state index contributed by atoms with van der Waals surface area (Å²) in [7, 11) is 2.85. The normalized spacial score (nSPS) is 13.9. The lowest BCUT2D eigenvalue weighted by Crippen LogP contribution is -2.14. The van der Waals surface area contributed by atoms with Gasteiger partial charge in [-0.1, -0.05) is 19.9 Å². The molecule has 0 aliphatic carbocycles. The zero-order valence-corrected chi connectivity index (χ0v) is 14.2. The van der Waals surface area contributed by atoms with E-state index in [2.05, 4.69) is 10.3 Å². The molecule has 0 atom stereocenters. The van der Waals surface area contributed by atoms with Gasteiger partial charge in [-0.2, -0.15) is 0 Å². The van der Waals surface area contributed by atoms with Gasteiger partial charge in [-0.25, -0.2) is 4.98 Å². The zero-order chi connectivity index (χ0) is 15.9. The monoisotopic (exact) mass is 334 g/mol. The number of dihydropyridines is 1. The summed E-state index contributed by atoms with van der Waals surface area (Å²) in [5.74, 6) is 0.220. The molecule has 0 aromatic carbocycles. The van der Waals surface area contributed by atoms with Crippen molar-refractivity contribution < 1.29 is 9.59 Å². The van der Waals surface area contributed by atoms with E-state index in [0.29, 0.717) is 29.9 Å². The Kier molecular flexibility index (Phi) is 6.27. The highest BCUT2D eigenvalue weighted by atomic mass is 33.1. The first-order valence-corrected chi connectivity index (χ1v) is 9.33. The Hall–Kier alpha value is -1.53. The molecule has 0 amide bonds. The van der Waals surface area contributed by atoms with Crippen LogP contribution in [0.1, 0.15) is 43.5 Å². The third-order valence-corrected chi connectivity index (χ3v) is 5.50. The summed E-state index contributed by atoms with van der Waals surface area (Å²) in [6, 6.07) is 3.56. The molecule has 2 rings (SSSR count). The summed E-state index contributed by atoms with van der Waals surface area (Å²) in [4.78, 5) is 28.2. The van der Waals surface area contributed by atoms with Crippen LogP contribution < -0.4 is 5.32 Å². The molecule has 0 fully saturated rings. The SMILES string of the molecule is CCC(=O)C1=C(SSc2ncccc2C(=O)CC)NC=CC1. The first kappa shape index (κ1) is 16.8. The van der Waals surface area contributed by atoms with E-state index in [9.17, 15) is 9.59 Å². The highest BCUT2D eigenvalue weighted by Gasteiger charge is 2.18. The van der Waals surface area contributed by atoms with Crippen molar-refractivity contribution in [2.75, 3.05) is 0 Å². The number of ketones is 2. The van der Waals surface area contributed by atoms with Crippen molar-refractivity contribution in [3.8, 4) is 0 Å². The number of allylic oxidation sites excluding steroid dienone is 2. The molecule has 1 aromatic heterocycles. The third-order valence-electron chi connectivity index (χ3n) is 3.18. The van der Waals surface area contributed by atoms with Crippen molar-refractivity contribution in [1.82, 2.24) is 10.3 Å². The van der Waals surface area contributed by atoms with Gasteiger partial charge in [-0.05, 0) is 46.3 Å². The van der Waals surface area contributed by atoms with Crippen LogP contribution in [-0.4, -0.2) is 16.6 Å². The van der Waals surface area contributed by atoms with Gasteiger partial charge in [0.05, 0.1) is 10.6 Å². The van der Waals surface area contributed by atoms with E-state index in [0.717, 1.165) is 10.6 Å². The Balaban J connectivity index is 2.17. The Morgan fingerprint density at radius 2 is 2.00 bits per heavy atom. The average Bonchev–Trinajstić information content (AvgIpc) is 2.59. The molecular formula is C16H18N2O2S2. The predicted octanol–water partition coefficient (Wildman–Crippen LogP) is 4.11. The second kappa shape index (κ2) is 8.19. The number of carbonyl (C=O) groups excluding carboxylic acids is 2. The largest absolute Gasteiger partial charge is 0.356 e. The summed E-state index contributed by atoms with van der Waals surface area (Å²) in [5.41, 5.74) is 1.43. The summed E-state index contributed by atoms with van der Waals surface area (Å²) in [5, 5.41) is 4.64. The van der Waals surface area contributed by atoms with Gasteiger partial charge in [-0.15, -0.1) is 0 Å². The molecule has 0 saturated carbocycles. The van der Waals surface area contributed by atoms with Crippen LogP contribution in [0.3, 0.4) is 0 Å². The number of hydrogen-bond donors (Lipinski definition) is 1. The summed E-state index contributed by atoms with van der Waals surface area (Å²) >= 11 is 0. The minimum atomic E-state index is 0.0755. The van der Waals surface area contributed by atoms with Gasteiger partial charge in [0, 0.05) is 24.6 Å². The van der Waals surface area contributed by atoms with Gasteiger partial charge in [0.2, 0.25) is 0 Å². The Morgan fingerprint density at radius 3 is 2.73 bits per heavy atom. The second-order valence-electron chi connectivity index (χ2n) is 4.63. The Morgan fingerprint density at radius 1 is 1.23 bits per heavy atom. The number of nitrogens with one attached hydrogen (secondary N) is 1. The summed E-state index contributed by atoms with van der Waals surface area (Å²) in [6.07, 6.45) is 7.04. The van der Waals surface area contributed by atoms with Gasteiger partial charge in [0.1, 0.15) is 5.03 Å². The van der Waals surface area contributed by atoms with E-state index < -0.39 is 0 Å². The van der Waals surface area contributed by atoms with Gasteiger partial charge >= 0.3 is 0 Å². The minimum absolute atomic E-state index is 0.0755. The van der Waals surface area contributed by atoms with Crippen LogP contribution >= 0.6 is 21.6 Å². The lowest BCUT2D eigenvalue weighted by atomic mass is 10.1. The van der Waals surface area contributed by atoms with Crippen LogP contribution in [0.2, 0.25) is 0 Å². The summed E-state index contributed by atoms with van der Waals surface area (Å²) in [6.45, 7) is 3.70. The molecule has 0 spiro atoms. The second-order valence-corrected chi connectivity index (χ2v) is 6.76. The first-order valence-electron chi connectivity index (χ1n) is 7.18. The molecule has 0 unspecified atom stereocenters. The van der Waals surface area contributed by atoms with Gasteiger partial charge in [0.15, 0.2) is 11.6 Å². The fourth-order valence-corrected chi connectivity index (χ4v) is 4.24. The van der Waals surface area contributed by atoms with Gasteiger partial charge in [0.25, 0.3) is 0 Å². The molecule has 22 heavy (non-hydrogen) atoms. The average molecular weight is 334 g/mol. The lowest BCUT2D eigenvalue weighted by Gasteiger charge is -2.16. The van der Waals surface area contributed by atoms with Crippen LogP contribution in [0.5, 0.6) is 0 Å². The van der Waals surface area contributed by atoms with Crippen LogP contribution in [-0.2, 0) is 4.79 Å². The fraction of sp³-hybridized carbons (Fsp3) is 0.312. The lowest BCUT2D eigenvalue weighted by molar-refractivity contribution is -0.115. The van der Waals surface area contributed by atoms with Crippen molar-refractivity contribution in [3.05, 3.63) is 46.8 Å². The Labute approximate surface area is 138 Å². The molecule has 6 heteroatoms. The van der Waals surface area contributed by atoms with Gasteiger partial charge in [-0.3, -0.25) is 9.59 Å². The number of hydrogen-bond acceptors (Lipinski definition) is 6. The van der Waals surface area contributed by atoms with E-state index in [1.54, 1.807) is 18.3 Å².